The molecule has 1 heterocycles. The average Bonchev–Trinajstić information content (AvgIpc) is 2.75. The van der Waals surface area contributed by atoms with Crippen LogP contribution in [0.25, 0.3) is 11.1 Å². The Labute approximate surface area is 187 Å². The molecule has 3 rings (SSSR count). The second-order valence-electron chi connectivity index (χ2n) is 8.82. The molecule has 0 bridgehead atoms. The smallest absolute Gasteiger partial charge is 0.147 e. The molecule has 0 aliphatic heterocycles. The summed E-state index contributed by atoms with van der Waals surface area (Å²) in [6.07, 6.45) is 18.7. The van der Waals surface area contributed by atoms with Gasteiger partial charge in [0.15, 0.2) is 0 Å². The predicted octanol–water partition coefficient (Wildman–Crippen LogP) is 9.15. The topological polar surface area (TPSA) is 12.9 Å². The van der Waals surface area contributed by atoms with Crippen LogP contribution < -0.4 is 0 Å². The van der Waals surface area contributed by atoms with Crippen LogP contribution in [0.5, 0.6) is 0 Å². The molecule has 2 aromatic rings. The van der Waals surface area contributed by atoms with Crippen LogP contribution in [0.3, 0.4) is 0 Å². The third kappa shape index (κ3) is 7.30. The summed E-state index contributed by atoms with van der Waals surface area (Å²) in [6, 6.07) is 10.7. The highest BCUT2D eigenvalue weighted by molar-refractivity contribution is 6.41. The maximum absolute atomic E-state index is 6.09. The summed E-state index contributed by atoms with van der Waals surface area (Å²) < 4.78 is 0. The number of halogens is 2. The van der Waals surface area contributed by atoms with Crippen molar-refractivity contribution in [2.75, 3.05) is 0 Å². The molecule has 0 N–H and O–H groups in total. The lowest BCUT2D eigenvalue weighted by molar-refractivity contribution is 0.249. The van der Waals surface area contributed by atoms with Gasteiger partial charge in [-0.15, -0.1) is 0 Å². The zero-order chi connectivity index (χ0) is 20.5. The fraction of sp³-hybridized carbons (Fsp3) is 0.577. The van der Waals surface area contributed by atoms with E-state index in [2.05, 4.69) is 36.2 Å². The largest absolute Gasteiger partial charge is 0.242 e. The number of nitrogens with zero attached hydrogens (tertiary/aromatic N) is 1. The maximum atomic E-state index is 6.09. The summed E-state index contributed by atoms with van der Waals surface area (Å²) in [5.74, 6) is 1.93. The third-order valence-corrected chi connectivity index (χ3v) is 7.29. The number of benzene rings is 1. The van der Waals surface area contributed by atoms with Gasteiger partial charge in [0.1, 0.15) is 5.15 Å². The normalized spacial score (nSPS) is 19.4. The first-order valence-corrected chi connectivity index (χ1v) is 12.3. The SMILES string of the molecule is CCCCCCC[C@H]1CC[C@H](CCc2ccc(-c3cnc(Cl)c(Cl)c3)cc2)CC1. The van der Waals surface area contributed by atoms with Crippen molar-refractivity contribution in [1.29, 1.82) is 0 Å². The van der Waals surface area contributed by atoms with Crippen LogP contribution >= 0.6 is 23.2 Å². The summed E-state index contributed by atoms with van der Waals surface area (Å²) in [5.41, 5.74) is 3.58. The Morgan fingerprint density at radius 2 is 1.48 bits per heavy atom. The Balaban J connectivity index is 1.38. The number of hydrogen-bond donors (Lipinski definition) is 0. The molecule has 0 unspecified atom stereocenters. The van der Waals surface area contributed by atoms with Crippen LogP contribution in [0.1, 0.15) is 83.1 Å². The Hall–Kier alpha value is -1.05. The Bertz CT molecular complexity index is 733. The van der Waals surface area contributed by atoms with Gasteiger partial charge in [-0.05, 0) is 41.9 Å². The number of aromatic nitrogens is 1. The molecule has 29 heavy (non-hydrogen) atoms. The molecule has 1 nitrogen and oxygen atoms in total. The van der Waals surface area contributed by atoms with E-state index in [0.717, 1.165) is 23.0 Å². The molecule has 1 aliphatic carbocycles. The molecule has 1 aromatic carbocycles. The quantitative estimate of drug-likeness (QED) is 0.269. The Morgan fingerprint density at radius 3 is 2.14 bits per heavy atom. The van der Waals surface area contributed by atoms with Crippen LogP contribution in [0, 0.1) is 11.8 Å². The van der Waals surface area contributed by atoms with Gasteiger partial charge in [0.25, 0.3) is 0 Å². The van der Waals surface area contributed by atoms with E-state index in [9.17, 15) is 0 Å². The van der Waals surface area contributed by atoms with Crippen molar-refractivity contribution in [2.45, 2.75) is 84.0 Å². The zero-order valence-electron chi connectivity index (χ0n) is 17.8. The van der Waals surface area contributed by atoms with Crippen molar-refractivity contribution in [3.8, 4) is 11.1 Å². The van der Waals surface area contributed by atoms with Crippen molar-refractivity contribution >= 4 is 23.2 Å². The van der Waals surface area contributed by atoms with Crippen LogP contribution in [0.4, 0.5) is 0 Å². The van der Waals surface area contributed by atoms with Gasteiger partial charge in [-0.2, -0.15) is 0 Å². The number of aryl methyl sites for hydroxylation is 1. The maximum Gasteiger partial charge on any atom is 0.147 e. The van der Waals surface area contributed by atoms with Gasteiger partial charge >= 0.3 is 0 Å². The highest BCUT2D eigenvalue weighted by Crippen LogP contribution is 2.34. The lowest BCUT2D eigenvalue weighted by Gasteiger charge is -2.28. The van der Waals surface area contributed by atoms with Crippen LogP contribution in [0.15, 0.2) is 36.5 Å². The van der Waals surface area contributed by atoms with E-state index < -0.39 is 0 Å². The van der Waals surface area contributed by atoms with Gasteiger partial charge in [-0.1, -0.05) is 119 Å². The van der Waals surface area contributed by atoms with E-state index in [1.165, 1.54) is 82.6 Å². The van der Waals surface area contributed by atoms with Crippen LogP contribution in [0.2, 0.25) is 10.2 Å². The second kappa shape index (κ2) is 12.0. The molecule has 3 heteroatoms. The highest BCUT2D eigenvalue weighted by Gasteiger charge is 2.20. The van der Waals surface area contributed by atoms with Crippen molar-refractivity contribution in [1.82, 2.24) is 4.98 Å². The minimum absolute atomic E-state index is 0.359. The minimum atomic E-state index is 0.359. The standard InChI is InChI=1S/C26H35Cl2N/c1-2-3-4-5-6-7-20-8-10-21(11-9-20)12-13-22-14-16-23(17-15-22)24-18-25(27)26(28)29-19-24/h14-21H,2-13H2,1H3/t20-,21-. The zero-order valence-corrected chi connectivity index (χ0v) is 19.3. The number of hydrogen-bond acceptors (Lipinski definition) is 1. The molecule has 1 aromatic heterocycles. The lowest BCUT2D eigenvalue weighted by atomic mass is 9.77. The summed E-state index contributed by atoms with van der Waals surface area (Å²) in [6.45, 7) is 2.29. The summed E-state index contributed by atoms with van der Waals surface area (Å²) in [7, 11) is 0. The average molecular weight is 432 g/mol. The molecule has 0 saturated heterocycles. The molecular weight excluding hydrogens is 397 g/mol. The van der Waals surface area contributed by atoms with E-state index in [1.54, 1.807) is 6.20 Å². The fourth-order valence-electron chi connectivity index (χ4n) is 4.66. The highest BCUT2D eigenvalue weighted by atomic mass is 35.5. The number of pyridine rings is 1. The van der Waals surface area contributed by atoms with E-state index in [4.69, 9.17) is 23.2 Å². The Morgan fingerprint density at radius 1 is 0.828 bits per heavy atom. The fourth-order valence-corrected chi connectivity index (χ4v) is 4.93. The molecular formula is C26H35Cl2N. The minimum Gasteiger partial charge on any atom is -0.242 e. The molecule has 1 saturated carbocycles. The van der Waals surface area contributed by atoms with E-state index >= 15 is 0 Å². The van der Waals surface area contributed by atoms with Gasteiger partial charge in [0.05, 0.1) is 5.02 Å². The van der Waals surface area contributed by atoms with Gasteiger partial charge in [0.2, 0.25) is 0 Å². The Kier molecular flexibility index (Phi) is 9.34. The van der Waals surface area contributed by atoms with Gasteiger partial charge < -0.3 is 0 Å². The number of unbranched alkanes of at least 4 members (excludes halogenated alkanes) is 4. The molecule has 1 aliphatic rings. The van der Waals surface area contributed by atoms with Gasteiger partial charge in [0, 0.05) is 11.8 Å². The third-order valence-electron chi connectivity index (χ3n) is 6.61. The summed E-state index contributed by atoms with van der Waals surface area (Å²) >= 11 is 12.0. The number of rotatable bonds is 10. The first kappa shape index (κ1) is 22.6. The summed E-state index contributed by atoms with van der Waals surface area (Å²) in [4.78, 5) is 4.15. The lowest BCUT2D eigenvalue weighted by Crippen LogP contribution is -2.15. The summed E-state index contributed by atoms with van der Waals surface area (Å²) in [5, 5.41) is 0.864. The van der Waals surface area contributed by atoms with Gasteiger partial charge in [-0.25, -0.2) is 4.98 Å². The molecule has 0 atom stereocenters. The molecule has 1 fully saturated rings. The van der Waals surface area contributed by atoms with Crippen molar-refractivity contribution in [3.63, 3.8) is 0 Å². The monoisotopic (exact) mass is 431 g/mol. The van der Waals surface area contributed by atoms with E-state index in [1.807, 2.05) is 6.07 Å². The predicted molar refractivity (Wildman–Crippen MR) is 127 cm³/mol. The molecule has 158 valence electrons. The van der Waals surface area contributed by atoms with Crippen LogP contribution in [-0.4, -0.2) is 4.98 Å². The van der Waals surface area contributed by atoms with Crippen molar-refractivity contribution in [3.05, 3.63) is 52.3 Å². The molecule has 0 radical (unpaired) electrons. The van der Waals surface area contributed by atoms with E-state index in [-0.39, 0.29) is 0 Å². The van der Waals surface area contributed by atoms with Crippen molar-refractivity contribution < 1.29 is 0 Å². The molecule has 0 amide bonds. The van der Waals surface area contributed by atoms with Crippen LogP contribution in [-0.2, 0) is 6.42 Å². The van der Waals surface area contributed by atoms with Gasteiger partial charge in [-0.3, -0.25) is 0 Å². The second-order valence-corrected chi connectivity index (χ2v) is 9.59. The first-order valence-electron chi connectivity index (χ1n) is 11.6. The molecule has 0 spiro atoms. The van der Waals surface area contributed by atoms with Crippen molar-refractivity contribution in [2.24, 2.45) is 11.8 Å². The first-order chi connectivity index (χ1) is 14.2. The van der Waals surface area contributed by atoms with E-state index in [0.29, 0.717) is 10.2 Å².